The van der Waals surface area contributed by atoms with E-state index in [4.69, 9.17) is 16.2 Å². The standard InChI is InChI=1S/C10H12N6O/c1-17-7-4-2-3-6(5-7)13-14-8-9(11)15-16-10(8)12/h2-5H,1H3,(H5,11,12,15,16). The number of ether oxygens (including phenoxy) is 1. The number of hydrogen-bond donors (Lipinski definition) is 3. The van der Waals surface area contributed by atoms with Gasteiger partial charge in [-0.3, -0.25) is 5.10 Å². The van der Waals surface area contributed by atoms with Crippen molar-refractivity contribution in [1.29, 1.82) is 0 Å². The Morgan fingerprint density at radius 1 is 1.29 bits per heavy atom. The van der Waals surface area contributed by atoms with E-state index in [1.807, 2.05) is 12.1 Å². The number of nitrogens with one attached hydrogen (secondary N) is 1. The molecule has 0 radical (unpaired) electrons. The van der Waals surface area contributed by atoms with Gasteiger partial charge in [0.1, 0.15) is 11.6 Å². The summed E-state index contributed by atoms with van der Waals surface area (Å²) in [6, 6.07) is 7.17. The first-order valence-corrected chi connectivity index (χ1v) is 4.86. The maximum atomic E-state index is 5.59. The van der Waals surface area contributed by atoms with Gasteiger partial charge in [-0.25, -0.2) is 0 Å². The van der Waals surface area contributed by atoms with E-state index in [0.717, 1.165) is 0 Å². The first kappa shape index (κ1) is 10.9. The van der Waals surface area contributed by atoms with E-state index < -0.39 is 0 Å². The zero-order valence-electron chi connectivity index (χ0n) is 9.21. The summed E-state index contributed by atoms with van der Waals surface area (Å²) in [5.41, 5.74) is 12.1. The van der Waals surface area contributed by atoms with Crippen molar-refractivity contribution in [1.82, 2.24) is 10.2 Å². The summed E-state index contributed by atoms with van der Waals surface area (Å²) in [6.45, 7) is 0. The highest BCUT2D eigenvalue weighted by molar-refractivity contribution is 5.70. The highest BCUT2D eigenvalue weighted by atomic mass is 16.5. The van der Waals surface area contributed by atoms with Crippen LogP contribution in [0.1, 0.15) is 0 Å². The van der Waals surface area contributed by atoms with Crippen molar-refractivity contribution in [3.05, 3.63) is 24.3 Å². The fraction of sp³-hybridized carbons (Fsp3) is 0.100. The number of H-pyrrole nitrogens is 1. The predicted octanol–water partition coefficient (Wildman–Crippen LogP) is 2.00. The van der Waals surface area contributed by atoms with Crippen molar-refractivity contribution in [2.24, 2.45) is 10.2 Å². The first-order chi connectivity index (χ1) is 8.20. The second-order valence-corrected chi connectivity index (χ2v) is 3.27. The lowest BCUT2D eigenvalue weighted by Crippen LogP contribution is -1.84. The zero-order chi connectivity index (χ0) is 12.3. The number of rotatable bonds is 3. The Morgan fingerprint density at radius 2 is 2.12 bits per heavy atom. The number of anilines is 2. The maximum absolute atomic E-state index is 5.59. The van der Waals surface area contributed by atoms with E-state index in [1.54, 1.807) is 19.2 Å². The van der Waals surface area contributed by atoms with Gasteiger partial charge in [-0.2, -0.15) is 10.2 Å². The average Bonchev–Trinajstić information content (AvgIpc) is 2.67. The fourth-order valence-corrected chi connectivity index (χ4v) is 1.25. The third kappa shape index (κ3) is 2.33. The zero-order valence-corrected chi connectivity index (χ0v) is 9.21. The Balaban J connectivity index is 2.26. The van der Waals surface area contributed by atoms with Gasteiger partial charge in [0.15, 0.2) is 11.5 Å². The van der Waals surface area contributed by atoms with Crippen molar-refractivity contribution in [2.45, 2.75) is 0 Å². The van der Waals surface area contributed by atoms with E-state index in [0.29, 0.717) is 17.1 Å². The van der Waals surface area contributed by atoms with Gasteiger partial charge in [-0.05, 0) is 12.1 Å². The molecule has 0 saturated heterocycles. The van der Waals surface area contributed by atoms with Crippen LogP contribution in [0.4, 0.5) is 23.0 Å². The van der Waals surface area contributed by atoms with Crippen LogP contribution in [0.2, 0.25) is 0 Å². The summed E-state index contributed by atoms with van der Waals surface area (Å²) in [4.78, 5) is 0. The van der Waals surface area contributed by atoms with E-state index >= 15 is 0 Å². The van der Waals surface area contributed by atoms with Gasteiger partial charge < -0.3 is 16.2 Å². The van der Waals surface area contributed by atoms with Crippen molar-refractivity contribution in [2.75, 3.05) is 18.6 Å². The van der Waals surface area contributed by atoms with Crippen LogP contribution in [0.3, 0.4) is 0 Å². The molecule has 0 aliphatic heterocycles. The molecular formula is C10H12N6O. The van der Waals surface area contributed by atoms with Gasteiger partial charge in [-0.1, -0.05) is 6.07 Å². The molecule has 0 saturated carbocycles. The Hall–Kier alpha value is -2.57. The number of nitrogen functional groups attached to an aromatic ring is 2. The Bertz CT molecular complexity index is 528. The molecule has 0 unspecified atom stereocenters. The summed E-state index contributed by atoms with van der Waals surface area (Å²) in [5, 5.41) is 14.2. The lowest BCUT2D eigenvalue weighted by Gasteiger charge is -1.98. The molecule has 7 heteroatoms. The Kier molecular flexibility index (Phi) is 2.91. The lowest BCUT2D eigenvalue weighted by atomic mass is 10.3. The molecule has 0 atom stereocenters. The maximum Gasteiger partial charge on any atom is 0.175 e. The summed E-state index contributed by atoms with van der Waals surface area (Å²) < 4.78 is 5.07. The van der Waals surface area contributed by atoms with Gasteiger partial charge in [-0.15, -0.1) is 5.11 Å². The quantitative estimate of drug-likeness (QED) is 0.702. The van der Waals surface area contributed by atoms with Crippen LogP contribution in [0.15, 0.2) is 34.5 Å². The molecule has 0 aliphatic carbocycles. The molecule has 2 rings (SSSR count). The highest BCUT2D eigenvalue weighted by Crippen LogP contribution is 2.28. The SMILES string of the molecule is COc1cccc(N=Nc2c(N)n[nH]c2N)c1. The Labute approximate surface area is 97.5 Å². The van der Waals surface area contributed by atoms with Crippen LogP contribution in [-0.4, -0.2) is 17.3 Å². The number of benzene rings is 1. The van der Waals surface area contributed by atoms with E-state index in [1.165, 1.54) is 0 Å². The second kappa shape index (κ2) is 4.52. The van der Waals surface area contributed by atoms with Crippen molar-refractivity contribution < 1.29 is 4.74 Å². The first-order valence-electron chi connectivity index (χ1n) is 4.86. The Morgan fingerprint density at radius 3 is 2.76 bits per heavy atom. The van der Waals surface area contributed by atoms with Gasteiger partial charge in [0.2, 0.25) is 0 Å². The van der Waals surface area contributed by atoms with Crippen molar-refractivity contribution >= 4 is 23.0 Å². The molecule has 5 N–H and O–H groups in total. The van der Waals surface area contributed by atoms with Crippen LogP contribution in [0.25, 0.3) is 0 Å². The number of aromatic amines is 1. The minimum absolute atomic E-state index is 0.217. The number of methoxy groups -OCH3 is 1. The summed E-state index contributed by atoms with van der Waals surface area (Å²) in [7, 11) is 1.59. The molecule has 17 heavy (non-hydrogen) atoms. The summed E-state index contributed by atoms with van der Waals surface area (Å²) >= 11 is 0. The molecule has 1 aromatic carbocycles. The van der Waals surface area contributed by atoms with Gasteiger partial charge in [0.25, 0.3) is 0 Å². The minimum atomic E-state index is 0.217. The van der Waals surface area contributed by atoms with Crippen LogP contribution >= 0.6 is 0 Å². The molecule has 0 aliphatic rings. The van der Waals surface area contributed by atoms with Crippen molar-refractivity contribution in [3.8, 4) is 5.75 Å². The molecule has 0 spiro atoms. The molecule has 2 aromatic rings. The fourth-order valence-electron chi connectivity index (χ4n) is 1.25. The molecule has 88 valence electrons. The number of aromatic nitrogens is 2. The monoisotopic (exact) mass is 232 g/mol. The van der Waals surface area contributed by atoms with Crippen LogP contribution in [0, 0.1) is 0 Å². The van der Waals surface area contributed by atoms with Crippen LogP contribution in [0.5, 0.6) is 5.75 Å². The van der Waals surface area contributed by atoms with Gasteiger partial charge >= 0.3 is 0 Å². The van der Waals surface area contributed by atoms with Gasteiger partial charge in [0.05, 0.1) is 12.8 Å². The molecule has 0 fully saturated rings. The second-order valence-electron chi connectivity index (χ2n) is 3.27. The summed E-state index contributed by atoms with van der Waals surface area (Å²) in [6.07, 6.45) is 0. The van der Waals surface area contributed by atoms with Gasteiger partial charge in [0, 0.05) is 6.07 Å². The predicted molar refractivity (Wildman–Crippen MR) is 64.6 cm³/mol. The lowest BCUT2D eigenvalue weighted by molar-refractivity contribution is 0.415. The largest absolute Gasteiger partial charge is 0.497 e. The molecule has 7 nitrogen and oxygen atoms in total. The van der Waals surface area contributed by atoms with E-state index in [-0.39, 0.29) is 11.6 Å². The molecule has 0 amide bonds. The number of nitrogens with two attached hydrogens (primary N) is 2. The van der Waals surface area contributed by atoms with Crippen LogP contribution < -0.4 is 16.2 Å². The topological polar surface area (TPSA) is 115 Å². The minimum Gasteiger partial charge on any atom is -0.497 e. The highest BCUT2D eigenvalue weighted by Gasteiger charge is 2.06. The third-order valence-electron chi connectivity index (χ3n) is 2.11. The average molecular weight is 232 g/mol. The van der Waals surface area contributed by atoms with E-state index in [2.05, 4.69) is 20.4 Å². The number of hydrogen-bond acceptors (Lipinski definition) is 6. The smallest absolute Gasteiger partial charge is 0.175 e. The molecule has 0 bridgehead atoms. The molecular weight excluding hydrogens is 220 g/mol. The molecule has 1 aromatic heterocycles. The third-order valence-corrected chi connectivity index (χ3v) is 2.11. The molecule has 1 heterocycles. The van der Waals surface area contributed by atoms with E-state index in [9.17, 15) is 0 Å². The normalized spacial score (nSPS) is 10.9. The summed E-state index contributed by atoms with van der Waals surface area (Å²) in [5.74, 6) is 1.21. The van der Waals surface area contributed by atoms with Crippen LogP contribution in [-0.2, 0) is 0 Å². The number of azo groups is 1. The van der Waals surface area contributed by atoms with Crippen molar-refractivity contribution in [3.63, 3.8) is 0 Å². The number of nitrogens with zero attached hydrogens (tertiary/aromatic N) is 3.